The number of anilines is 2. The lowest BCUT2D eigenvalue weighted by molar-refractivity contribution is -0.118. The number of halogens is 1. The third kappa shape index (κ3) is 3.06. The standard InChI is InChI=1S/C19H17FN2O2/c1-2-18(23)21-16-8-4-3-6-13(16)12-19(24)22-11-10-14-15(20)7-5-9-17(14)22/h2-9H,1,10-12H2,(H,21,23). The van der Waals surface area contributed by atoms with Gasteiger partial charge in [-0.3, -0.25) is 9.59 Å². The number of nitrogens with one attached hydrogen (secondary N) is 1. The maximum absolute atomic E-state index is 13.8. The van der Waals surface area contributed by atoms with E-state index >= 15 is 0 Å². The van der Waals surface area contributed by atoms with Crippen LogP contribution >= 0.6 is 0 Å². The summed E-state index contributed by atoms with van der Waals surface area (Å²) in [5, 5.41) is 2.70. The molecule has 0 spiro atoms. The molecule has 0 aromatic heterocycles. The second-order valence-electron chi connectivity index (χ2n) is 5.56. The molecule has 0 aliphatic carbocycles. The lowest BCUT2D eigenvalue weighted by atomic mass is 10.1. The van der Waals surface area contributed by atoms with E-state index in [1.54, 1.807) is 35.2 Å². The van der Waals surface area contributed by atoms with Gasteiger partial charge in [-0.25, -0.2) is 4.39 Å². The highest BCUT2D eigenvalue weighted by Crippen LogP contribution is 2.30. The number of nitrogens with zero attached hydrogens (tertiary/aromatic N) is 1. The van der Waals surface area contributed by atoms with E-state index in [9.17, 15) is 14.0 Å². The van der Waals surface area contributed by atoms with E-state index in [4.69, 9.17) is 0 Å². The Bertz CT molecular complexity index is 817. The van der Waals surface area contributed by atoms with Gasteiger partial charge in [0, 0.05) is 23.5 Å². The largest absolute Gasteiger partial charge is 0.322 e. The molecule has 0 saturated carbocycles. The van der Waals surface area contributed by atoms with Crippen LogP contribution in [0.3, 0.4) is 0 Å². The van der Waals surface area contributed by atoms with Crippen molar-refractivity contribution in [2.75, 3.05) is 16.8 Å². The normalized spacial score (nSPS) is 12.6. The van der Waals surface area contributed by atoms with Gasteiger partial charge in [-0.05, 0) is 36.3 Å². The first-order chi connectivity index (χ1) is 11.6. The molecule has 0 radical (unpaired) electrons. The van der Waals surface area contributed by atoms with E-state index in [1.807, 2.05) is 6.07 Å². The first kappa shape index (κ1) is 15.9. The molecule has 0 fully saturated rings. The second kappa shape index (κ2) is 6.66. The smallest absolute Gasteiger partial charge is 0.247 e. The van der Waals surface area contributed by atoms with Gasteiger partial charge in [-0.2, -0.15) is 0 Å². The van der Waals surface area contributed by atoms with Crippen molar-refractivity contribution in [3.63, 3.8) is 0 Å². The molecule has 24 heavy (non-hydrogen) atoms. The Morgan fingerprint density at radius 2 is 2.00 bits per heavy atom. The van der Waals surface area contributed by atoms with Crippen LogP contribution in [0, 0.1) is 5.82 Å². The second-order valence-corrected chi connectivity index (χ2v) is 5.56. The summed E-state index contributed by atoms with van der Waals surface area (Å²) in [6, 6.07) is 11.9. The molecule has 1 heterocycles. The number of hydrogen-bond acceptors (Lipinski definition) is 2. The number of hydrogen-bond donors (Lipinski definition) is 1. The highest BCUT2D eigenvalue weighted by molar-refractivity contribution is 6.01. The van der Waals surface area contributed by atoms with E-state index in [2.05, 4.69) is 11.9 Å². The summed E-state index contributed by atoms with van der Waals surface area (Å²) in [5.41, 5.74) is 2.50. The zero-order valence-corrected chi connectivity index (χ0v) is 13.1. The Balaban J connectivity index is 1.81. The fourth-order valence-corrected chi connectivity index (χ4v) is 2.89. The van der Waals surface area contributed by atoms with Crippen LogP contribution in [0.5, 0.6) is 0 Å². The molecule has 0 saturated heterocycles. The lowest BCUT2D eigenvalue weighted by Crippen LogP contribution is -2.30. The van der Waals surface area contributed by atoms with Crippen molar-refractivity contribution < 1.29 is 14.0 Å². The summed E-state index contributed by atoms with van der Waals surface area (Å²) >= 11 is 0. The summed E-state index contributed by atoms with van der Waals surface area (Å²) in [6.45, 7) is 3.89. The van der Waals surface area contributed by atoms with Crippen molar-refractivity contribution in [2.24, 2.45) is 0 Å². The number of carbonyl (C=O) groups is 2. The summed E-state index contributed by atoms with van der Waals surface area (Å²) in [4.78, 5) is 25.8. The number of benzene rings is 2. The topological polar surface area (TPSA) is 49.4 Å². The molecule has 1 aliphatic rings. The van der Waals surface area contributed by atoms with Gasteiger partial charge in [0.25, 0.3) is 0 Å². The van der Waals surface area contributed by atoms with Crippen LogP contribution in [-0.4, -0.2) is 18.4 Å². The summed E-state index contributed by atoms with van der Waals surface area (Å²) in [7, 11) is 0. The van der Waals surface area contributed by atoms with Crippen molar-refractivity contribution in [3.05, 3.63) is 72.1 Å². The van der Waals surface area contributed by atoms with Crippen LogP contribution < -0.4 is 10.2 Å². The molecule has 0 bridgehead atoms. The van der Waals surface area contributed by atoms with Crippen molar-refractivity contribution in [1.82, 2.24) is 0 Å². The first-order valence-electron chi connectivity index (χ1n) is 7.69. The number of rotatable bonds is 4. The van der Waals surface area contributed by atoms with Gasteiger partial charge < -0.3 is 10.2 Å². The van der Waals surface area contributed by atoms with Gasteiger partial charge in [-0.1, -0.05) is 30.8 Å². The Morgan fingerprint density at radius 1 is 1.21 bits per heavy atom. The van der Waals surface area contributed by atoms with Gasteiger partial charge >= 0.3 is 0 Å². The van der Waals surface area contributed by atoms with E-state index in [0.717, 1.165) is 0 Å². The number of para-hydroxylation sites is 1. The first-order valence-corrected chi connectivity index (χ1v) is 7.69. The van der Waals surface area contributed by atoms with E-state index < -0.39 is 0 Å². The zero-order valence-electron chi connectivity index (χ0n) is 13.1. The highest BCUT2D eigenvalue weighted by Gasteiger charge is 2.27. The van der Waals surface area contributed by atoms with Gasteiger partial charge in [0.2, 0.25) is 11.8 Å². The highest BCUT2D eigenvalue weighted by atomic mass is 19.1. The molecular weight excluding hydrogens is 307 g/mol. The van der Waals surface area contributed by atoms with Crippen molar-refractivity contribution in [2.45, 2.75) is 12.8 Å². The van der Waals surface area contributed by atoms with Crippen molar-refractivity contribution >= 4 is 23.2 Å². The Labute approximate surface area is 139 Å². The van der Waals surface area contributed by atoms with Gasteiger partial charge in [0.15, 0.2) is 0 Å². The summed E-state index contributed by atoms with van der Waals surface area (Å²) in [6.07, 6.45) is 1.82. The SMILES string of the molecule is C=CC(=O)Nc1ccccc1CC(=O)N1CCc2c(F)cccc21. The van der Waals surface area contributed by atoms with Crippen LogP contribution in [-0.2, 0) is 22.4 Å². The summed E-state index contributed by atoms with van der Waals surface area (Å²) < 4.78 is 13.8. The minimum Gasteiger partial charge on any atom is -0.322 e. The number of amides is 2. The maximum atomic E-state index is 13.8. The molecule has 2 aromatic rings. The predicted molar refractivity (Wildman–Crippen MR) is 91.4 cm³/mol. The van der Waals surface area contributed by atoms with Crippen LogP contribution in [0.15, 0.2) is 55.1 Å². The Kier molecular flexibility index (Phi) is 4.42. The van der Waals surface area contributed by atoms with Crippen LogP contribution in [0.25, 0.3) is 0 Å². The molecule has 2 aromatic carbocycles. The zero-order chi connectivity index (χ0) is 17.1. The molecule has 4 nitrogen and oxygen atoms in total. The third-order valence-electron chi connectivity index (χ3n) is 4.07. The molecule has 3 rings (SSSR count). The molecule has 0 atom stereocenters. The third-order valence-corrected chi connectivity index (χ3v) is 4.07. The molecule has 1 N–H and O–H groups in total. The van der Waals surface area contributed by atoms with Crippen LogP contribution in [0.2, 0.25) is 0 Å². The minimum atomic E-state index is -0.330. The average molecular weight is 324 g/mol. The number of fused-ring (bicyclic) bond motifs is 1. The van der Waals surface area contributed by atoms with E-state index in [1.165, 1.54) is 12.1 Å². The fourth-order valence-electron chi connectivity index (χ4n) is 2.89. The predicted octanol–water partition coefficient (Wildman–Crippen LogP) is 3.08. The van der Waals surface area contributed by atoms with E-state index in [-0.39, 0.29) is 24.1 Å². The molecule has 1 aliphatic heterocycles. The van der Waals surface area contributed by atoms with Crippen molar-refractivity contribution in [1.29, 1.82) is 0 Å². The Hall–Kier alpha value is -2.95. The molecule has 0 unspecified atom stereocenters. The lowest BCUT2D eigenvalue weighted by Gasteiger charge is -2.18. The maximum Gasteiger partial charge on any atom is 0.247 e. The van der Waals surface area contributed by atoms with Gasteiger partial charge in [0.05, 0.1) is 6.42 Å². The average Bonchev–Trinajstić information content (AvgIpc) is 3.02. The van der Waals surface area contributed by atoms with Gasteiger partial charge in [0.1, 0.15) is 5.82 Å². The quantitative estimate of drug-likeness (QED) is 0.879. The fraction of sp³-hybridized carbons (Fsp3) is 0.158. The molecule has 2 amide bonds. The van der Waals surface area contributed by atoms with E-state index in [0.29, 0.717) is 35.5 Å². The molecular formula is C19H17FN2O2. The van der Waals surface area contributed by atoms with Gasteiger partial charge in [-0.15, -0.1) is 0 Å². The Morgan fingerprint density at radius 3 is 2.79 bits per heavy atom. The molecule has 122 valence electrons. The van der Waals surface area contributed by atoms with Crippen LogP contribution in [0.1, 0.15) is 11.1 Å². The minimum absolute atomic E-state index is 0.125. The van der Waals surface area contributed by atoms with Crippen molar-refractivity contribution in [3.8, 4) is 0 Å². The molecule has 5 heteroatoms. The summed E-state index contributed by atoms with van der Waals surface area (Å²) in [5.74, 6) is -0.732. The van der Waals surface area contributed by atoms with Crippen LogP contribution in [0.4, 0.5) is 15.8 Å². The number of carbonyl (C=O) groups excluding carboxylic acids is 2. The monoisotopic (exact) mass is 324 g/mol.